The van der Waals surface area contributed by atoms with Crippen LogP contribution in [0.4, 0.5) is 17.3 Å². The van der Waals surface area contributed by atoms with Crippen LogP contribution in [0.3, 0.4) is 0 Å². The summed E-state index contributed by atoms with van der Waals surface area (Å²) in [6.45, 7) is 0. The molecular formula is C23H20N4OS2. The molecule has 0 saturated carbocycles. The maximum Gasteiger partial charge on any atom is 0.227 e. The van der Waals surface area contributed by atoms with Crippen molar-refractivity contribution in [2.75, 3.05) is 17.3 Å². The highest BCUT2D eigenvalue weighted by Gasteiger charge is 2.22. The van der Waals surface area contributed by atoms with Gasteiger partial charge in [-0.3, -0.25) is 4.21 Å². The molecule has 1 aliphatic carbocycles. The molecule has 2 heterocycles. The fraction of sp³-hybridized carbons (Fsp3) is 0.130. The topological polar surface area (TPSA) is 80.9 Å². The minimum Gasteiger partial charge on any atom is -0.399 e. The standard InChI is InChI=1S/C23H20N4OS2/c1-30(28)18-7-3-6-17(11-18)26-23-25-13-15-8-9-20-19(22(15)27-23)12-21(29-20)14-4-2-5-16(24)10-14/h2-7,10-13H,8-9,24H2,1H3,(H,25,26,27). The number of nitrogen functional groups attached to an aromatic ring is 1. The molecule has 0 fully saturated rings. The van der Waals surface area contributed by atoms with Gasteiger partial charge in [-0.05, 0) is 60.4 Å². The Morgan fingerprint density at radius 2 is 1.97 bits per heavy atom. The van der Waals surface area contributed by atoms with E-state index in [4.69, 9.17) is 10.7 Å². The third-order valence-electron chi connectivity index (χ3n) is 5.14. The Kier molecular flexibility index (Phi) is 4.84. The van der Waals surface area contributed by atoms with Gasteiger partial charge in [0.15, 0.2) is 0 Å². The molecule has 1 unspecified atom stereocenters. The number of nitrogens with two attached hydrogens (primary N) is 1. The number of anilines is 3. The van der Waals surface area contributed by atoms with Crippen LogP contribution in [-0.2, 0) is 23.6 Å². The van der Waals surface area contributed by atoms with Crippen molar-refractivity contribution in [2.45, 2.75) is 17.7 Å². The van der Waals surface area contributed by atoms with Gasteiger partial charge in [-0.25, -0.2) is 9.97 Å². The Bertz CT molecular complexity index is 1280. The van der Waals surface area contributed by atoms with Gasteiger partial charge in [0.05, 0.1) is 5.69 Å². The molecule has 4 aromatic rings. The first kappa shape index (κ1) is 19.0. The highest BCUT2D eigenvalue weighted by Crippen LogP contribution is 2.42. The van der Waals surface area contributed by atoms with Gasteiger partial charge in [0.2, 0.25) is 5.95 Å². The molecule has 30 heavy (non-hydrogen) atoms. The Morgan fingerprint density at radius 3 is 2.80 bits per heavy atom. The molecule has 2 aromatic heterocycles. The molecule has 7 heteroatoms. The van der Waals surface area contributed by atoms with Crippen molar-refractivity contribution in [1.82, 2.24) is 9.97 Å². The summed E-state index contributed by atoms with van der Waals surface area (Å²) in [6.07, 6.45) is 5.51. The highest BCUT2D eigenvalue weighted by atomic mass is 32.2. The van der Waals surface area contributed by atoms with E-state index in [9.17, 15) is 4.21 Å². The van der Waals surface area contributed by atoms with E-state index in [1.165, 1.54) is 15.3 Å². The van der Waals surface area contributed by atoms with Crippen molar-refractivity contribution < 1.29 is 4.21 Å². The van der Waals surface area contributed by atoms with Crippen LogP contribution in [0.5, 0.6) is 0 Å². The molecule has 0 spiro atoms. The van der Waals surface area contributed by atoms with Crippen molar-refractivity contribution in [1.29, 1.82) is 0 Å². The summed E-state index contributed by atoms with van der Waals surface area (Å²) in [6, 6.07) is 17.7. The van der Waals surface area contributed by atoms with Gasteiger partial charge in [-0.1, -0.05) is 18.2 Å². The Balaban J connectivity index is 1.50. The summed E-state index contributed by atoms with van der Waals surface area (Å²) in [5.74, 6) is 0.539. The van der Waals surface area contributed by atoms with Gasteiger partial charge in [-0.15, -0.1) is 11.3 Å². The number of nitrogens with one attached hydrogen (secondary N) is 1. The Morgan fingerprint density at radius 1 is 1.10 bits per heavy atom. The zero-order chi connectivity index (χ0) is 20.7. The van der Waals surface area contributed by atoms with Crippen LogP contribution in [0.25, 0.3) is 21.7 Å². The molecule has 0 bridgehead atoms. The maximum absolute atomic E-state index is 11.8. The quantitative estimate of drug-likeness (QED) is 0.442. The first-order chi connectivity index (χ1) is 14.6. The lowest BCUT2D eigenvalue weighted by atomic mass is 9.96. The molecule has 0 aliphatic heterocycles. The average molecular weight is 433 g/mol. The van der Waals surface area contributed by atoms with E-state index in [2.05, 4.69) is 22.4 Å². The Labute approximate surface area is 181 Å². The van der Waals surface area contributed by atoms with Gasteiger partial charge >= 0.3 is 0 Å². The number of hydrogen-bond acceptors (Lipinski definition) is 6. The number of aromatic nitrogens is 2. The lowest BCUT2D eigenvalue weighted by Crippen LogP contribution is -2.07. The number of nitrogens with zero attached hydrogens (tertiary/aromatic N) is 2. The minimum absolute atomic E-state index is 0.539. The summed E-state index contributed by atoms with van der Waals surface area (Å²) >= 11 is 1.81. The molecule has 1 aliphatic rings. The molecule has 150 valence electrons. The summed E-state index contributed by atoms with van der Waals surface area (Å²) in [5, 5.41) is 3.26. The van der Waals surface area contributed by atoms with Gasteiger partial charge in [0.1, 0.15) is 0 Å². The minimum atomic E-state index is -1.03. The second-order valence-corrected chi connectivity index (χ2v) is 9.76. The number of hydrogen-bond donors (Lipinski definition) is 2. The molecule has 1 atom stereocenters. The van der Waals surface area contributed by atoms with E-state index in [-0.39, 0.29) is 0 Å². The Hall–Kier alpha value is -3.03. The highest BCUT2D eigenvalue weighted by molar-refractivity contribution is 7.84. The number of thiophene rings is 1. The van der Waals surface area contributed by atoms with Gasteiger partial charge < -0.3 is 11.1 Å². The first-order valence-corrected chi connectivity index (χ1v) is 12.0. The van der Waals surface area contributed by atoms with Crippen LogP contribution >= 0.6 is 11.3 Å². The van der Waals surface area contributed by atoms with Crippen molar-refractivity contribution in [2.24, 2.45) is 0 Å². The molecule has 2 aromatic carbocycles. The largest absolute Gasteiger partial charge is 0.399 e. The molecule has 0 saturated heterocycles. The molecule has 5 rings (SSSR count). The van der Waals surface area contributed by atoms with Crippen LogP contribution in [0.15, 0.2) is 65.7 Å². The summed E-state index contributed by atoms with van der Waals surface area (Å²) in [4.78, 5) is 12.6. The monoisotopic (exact) mass is 432 g/mol. The zero-order valence-electron chi connectivity index (χ0n) is 16.4. The number of rotatable bonds is 4. The molecular weight excluding hydrogens is 412 g/mol. The molecule has 0 radical (unpaired) electrons. The lowest BCUT2D eigenvalue weighted by molar-refractivity contribution is 0.687. The van der Waals surface area contributed by atoms with E-state index in [1.54, 1.807) is 17.6 Å². The van der Waals surface area contributed by atoms with E-state index in [0.29, 0.717) is 5.95 Å². The van der Waals surface area contributed by atoms with Crippen molar-refractivity contribution in [3.05, 3.63) is 71.2 Å². The van der Waals surface area contributed by atoms with E-state index >= 15 is 0 Å². The van der Waals surface area contributed by atoms with Gasteiger partial charge in [0.25, 0.3) is 0 Å². The number of benzene rings is 2. The van der Waals surface area contributed by atoms with Crippen LogP contribution in [-0.4, -0.2) is 20.4 Å². The van der Waals surface area contributed by atoms with Crippen LogP contribution < -0.4 is 11.1 Å². The second-order valence-electron chi connectivity index (χ2n) is 7.25. The summed E-state index contributed by atoms with van der Waals surface area (Å²) in [7, 11) is -1.03. The fourth-order valence-corrected chi connectivity index (χ4v) is 5.38. The summed E-state index contributed by atoms with van der Waals surface area (Å²) in [5.41, 5.74) is 12.0. The summed E-state index contributed by atoms with van der Waals surface area (Å²) < 4.78 is 11.8. The normalized spacial score (nSPS) is 13.4. The third-order valence-corrected chi connectivity index (χ3v) is 7.30. The maximum atomic E-state index is 11.8. The molecule has 3 N–H and O–H groups in total. The van der Waals surface area contributed by atoms with E-state index < -0.39 is 10.8 Å². The zero-order valence-corrected chi connectivity index (χ0v) is 18.0. The van der Waals surface area contributed by atoms with Crippen molar-refractivity contribution >= 4 is 39.5 Å². The van der Waals surface area contributed by atoms with E-state index in [0.717, 1.165) is 45.9 Å². The predicted octanol–water partition coefficient (Wildman–Crippen LogP) is 5.03. The average Bonchev–Trinajstić information content (AvgIpc) is 3.19. The SMILES string of the molecule is CS(=O)c1cccc(Nc2ncc3c(n2)-c2cc(-c4cccc(N)c4)sc2CC3)c1. The molecule has 5 nitrogen and oxygen atoms in total. The fourth-order valence-electron chi connectivity index (χ4n) is 3.66. The second kappa shape index (κ2) is 7.66. The number of aryl methyl sites for hydroxylation is 2. The number of fused-ring (bicyclic) bond motifs is 3. The predicted molar refractivity (Wildman–Crippen MR) is 125 cm³/mol. The van der Waals surface area contributed by atoms with Crippen LogP contribution in [0.1, 0.15) is 10.4 Å². The van der Waals surface area contributed by atoms with E-state index in [1.807, 2.05) is 48.7 Å². The van der Waals surface area contributed by atoms with Gasteiger partial charge in [-0.2, -0.15) is 0 Å². The molecule has 0 amide bonds. The lowest BCUT2D eigenvalue weighted by Gasteiger charge is -2.16. The van der Waals surface area contributed by atoms with Crippen LogP contribution in [0, 0.1) is 0 Å². The van der Waals surface area contributed by atoms with Crippen molar-refractivity contribution in [3.8, 4) is 21.7 Å². The smallest absolute Gasteiger partial charge is 0.227 e. The van der Waals surface area contributed by atoms with Gasteiger partial charge in [0, 0.05) is 54.8 Å². The first-order valence-electron chi connectivity index (χ1n) is 9.62. The van der Waals surface area contributed by atoms with Crippen molar-refractivity contribution in [3.63, 3.8) is 0 Å². The van der Waals surface area contributed by atoms with Crippen LogP contribution in [0.2, 0.25) is 0 Å². The third kappa shape index (κ3) is 3.62.